The maximum atomic E-state index is 9.16. The van der Waals surface area contributed by atoms with Crippen molar-refractivity contribution in [3.63, 3.8) is 0 Å². The first-order chi connectivity index (χ1) is 4.52. The van der Waals surface area contributed by atoms with Gasteiger partial charge in [-0.1, -0.05) is 0 Å². The molecule has 1 aliphatic heterocycles. The van der Waals surface area contributed by atoms with Crippen molar-refractivity contribution >= 4 is 17.3 Å². The fourth-order valence-corrected chi connectivity index (χ4v) is 0.749. The smallest absolute Gasteiger partial charge is 0.236 e. The summed E-state index contributed by atoms with van der Waals surface area (Å²) in [7, 11) is 0. The number of hydrogen-bond acceptors (Lipinski definition) is 4. The van der Waals surface area contributed by atoms with E-state index in [-0.39, 0.29) is 10.8 Å². The number of nitrogens with two attached hydrogens (primary N) is 2. The molecule has 1 aliphatic rings. The number of nitrogens with one attached hydrogen (secondary N) is 2. The predicted molar refractivity (Wildman–Crippen MR) is 40.3 cm³/mol. The molecule has 0 aromatic rings. The van der Waals surface area contributed by atoms with Crippen LogP contribution in [0.15, 0.2) is 11.9 Å². The van der Waals surface area contributed by atoms with Crippen molar-refractivity contribution in [3.8, 4) is 0 Å². The Bertz CT molecular complexity index is 199. The van der Waals surface area contributed by atoms with E-state index in [1.807, 2.05) is 0 Å². The lowest BCUT2D eigenvalue weighted by molar-refractivity contribution is 0.0650. The van der Waals surface area contributed by atoms with Gasteiger partial charge in [-0.25, -0.2) is 0 Å². The van der Waals surface area contributed by atoms with Crippen molar-refractivity contribution in [1.82, 2.24) is 10.6 Å². The Morgan fingerprint density at radius 2 is 2.30 bits per heavy atom. The van der Waals surface area contributed by atoms with Crippen LogP contribution < -0.4 is 22.1 Å². The number of rotatable bonds is 0. The molecule has 0 aliphatic carbocycles. The zero-order valence-electron chi connectivity index (χ0n) is 5.09. The van der Waals surface area contributed by atoms with Gasteiger partial charge in [0.25, 0.3) is 0 Å². The molecule has 0 radical (unpaired) electrons. The lowest BCUT2D eigenvalue weighted by atomic mass is 10.3. The van der Waals surface area contributed by atoms with Crippen molar-refractivity contribution in [2.75, 3.05) is 0 Å². The third-order valence-corrected chi connectivity index (χ3v) is 1.32. The molecular formula is C4H8N4OS. The fraction of sp³-hybridized carbons (Fsp3) is 0.250. The summed E-state index contributed by atoms with van der Waals surface area (Å²) in [5.74, 6) is -1.71. The summed E-state index contributed by atoms with van der Waals surface area (Å²) in [5.41, 5.74) is 10.6. The molecule has 1 heterocycles. The van der Waals surface area contributed by atoms with Gasteiger partial charge in [0.15, 0.2) is 5.11 Å². The van der Waals surface area contributed by atoms with Crippen molar-refractivity contribution in [2.24, 2.45) is 11.5 Å². The van der Waals surface area contributed by atoms with Crippen LogP contribution in [-0.4, -0.2) is 16.1 Å². The Morgan fingerprint density at radius 1 is 1.70 bits per heavy atom. The standard InChI is InChI=1S/C4H8N4OS/c5-2-1-7-3(10)8-4(2,6)9/h1,9H,5-6H2,(H2,7,8,10). The minimum Gasteiger partial charge on any atom is -0.396 e. The molecule has 0 saturated carbocycles. The van der Waals surface area contributed by atoms with E-state index < -0.39 is 5.85 Å². The van der Waals surface area contributed by atoms with Crippen molar-refractivity contribution < 1.29 is 5.11 Å². The zero-order valence-corrected chi connectivity index (χ0v) is 5.90. The molecular weight excluding hydrogens is 152 g/mol. The van der Waals surface area contributed by atoms with Crippen LogP contribution in [0.4, 0.5) is 0 Å². The van der Waals surface area contributed by atoms with Gasteiger partial charge in [0.05, 0.1) is 5.70 Å². The average molecular weight is 160 g/mol. The van der Waals surface area contributed by atoms with Gasteiger partial charge in [-0.15, -0.1) is 0 Å². The molecule has 6 heteroatoms. The van der Waals surface area contributed by atoms with Crippen LogP contribution in [0.2, 0.25) is 0 Å². The van der Waals surface area contributed by atoms with Crippen molar-refractivity contribution in [2.45, 2.75) is 5.85 Å². The van der Waals surface area contributed by atoms with E-state index in [9.17, 15) is 0 Å². The quantitative estimate of drug-likeness (QED) is 0.205. The maximum absolute atomic E-state index is 9.16. The van der Waals surface area contributed by atoms with E-state index >= 15 is 0 Å². The highest BCUT2D eigenvalue weighted by atomic mass is 32.1. The van der Waals surface area contributed by atoms with Crippen molar-refractivity contribution in [3.05, 3.63) is 11.9 Å². The molecule has 0 aromatic heterocycles. The lowest BCUT2D eigenvalue weighted by Crippen LogP contribution is -2.63. The maximum Gasteiger partial charge on any atom is 0.236 e. The number of aliphatic hydroxyl groups is 1. The Labute approximate surface area is 63.1 Å². The van der Waals surface area contributed by atoms with Gasteiger partial charge in [0.1, 0.15) is 0 Å². The molecule has 1 unspecified atom stereocenters. The second kappa shape index (κ2) is 2.08. The Kier molecular flexibility index (Phi) is 1.51. The first kappa shape index (κ1) is 7.26. The van der Waals surface area contributed by atoms with Crippen LogP contribution >= 0.6 is 12.2 Å². The summed E-state index contributed by atoms with van der Waals surface area (Å²) in [4.78, 5) is 0. The van der Waals surface area contributed by atoms with Gasteiger partial charge >= 0.3 is 0 Å². The summed E-state index contributed by atoms with van der Waals surface area (Å²) in [6, 6.07) is 0. The molecule has 1 atom stereocenters. The van der Waals surface area contributed by atoms with E-state index in [2.05, 4.69) is 22.9 Å². The average Bonchev–Trinajstić information content (AvgIpc) is 1.78. The summed E-state index contributed by atoms with van der Waals surface area (Å²) in [6.45, 7) is 0. The second-order valence-corrected chi connectivity index (χ2v) is 2.37. The van der Waals surface area contributed by atoms with E-state index in [1.54, 1.807) is 0 Å². The predicted octanol–water partition coefficient (Wildman–Crippen LogP) is -2.13. The zero-order chi connectivity index (χ0) is 7.78. The first-order valence-corrected chi connectivity index (χ1v) is 2.99. The Balaban J connectivity index is 2.86. The van der Waals surface area contributed by atoms with Crippen LogP contribution in [-0.2, 0) is 0 Å². The van der Waals surface area contributed by atoms with Gasteiger partial charge in [-0.3, -0.25) is 5.73 Å². The van der Waals surface area contributed by atoms with E-state index in [0.717, 1.165) is 0 Å². The molecule has 56 valence electrons. The summed E-state index contributed by atoms with van der Waals surface area (Å²) < 4.78 is 0. The lowest BCUT2D eigenvalue weighted by Gasteiger charge is -2.29. The molecule has 1 rings (SSSR count). The molecule has 0 amide bonds. The van der Waals surface area contributed by atoms with Crippen LogP contribution in [0.3, 0.4) is 0 Å². The van der Waals surface area contributed by atoms with E-state index in [1.165, 1.54) is 6.20 Å². The largest absolute Gasteiger partial charge is 0.396 e. The highest BCUT2D eigenvalue weighted by molar-refractivity contribution is 7.80. The van der Waals surface area contributed by atoms with Gasteiger partial charge in [-0.05, 0) is 12.2 Å². The highest BCUT2D eigenvalue weighted by Crippen LogP contribution is 2.02. The third kappa shape index (κ3) is 1.18. The minimum absolute atomic E-state index is 0.0982. The number of hydrogen-bond donors (Lipinski definition) is 5. The van der Waals surface area contributed by atoms with Crippen LogP contribution in [0.1, 0.15) is 0 Å². The van der Waals surface area contributed by atoms with Crippen LogP contribution in [0.25, 0.3) is 0 Å². The van der Waals surface area contributed by atoms with Gasteiger partial charge in [0.2, 0.25) is 5.85 Å². The Morgan fingerprint density at radius 3 is 2.70 bits per heavy atom. The molecule has 0 aromatic carbocycles. The molecule has 0 saturated heterocycles. The molecule has 0 bridgehead atoms. The fourth-order valence-electron chi connectivity index (χ4n) is 0.535. The molecule has 0 fully saturated rings. The molecule has 10 heavy (non-hydrogen) atoms. The topological polar surface area (TPSA) is 96.3 Å². The monoisotopic (exact) mass is 160 g/mol. The third-order valence-electron chi connectivity index (χ3n) is 1.10. The minimum atomic E-state index is -1.71. The van der Waals surface area contributed by atoms with Crippen LogP contribution in [0.5, 0.6) is 0 Å². The van der Waals surface area contributed by atoms with E-state index in [4.69, 9.17) is 16.6 Å². The summed E-state index contributed by atoms with van der Waals surface area (Å²) in [5, 5.41) is 14.4. The van der Waals surface area contributed by atoms with Gasteiger partial charge < -0.3 is 21.5 Å². The summed E-state index contributed by atoms with van der Waals surface area (Å²) >= 11 is 4.65. The summed E-state index contributed by atoms with van der Waals surface area (Å²) in [6.07, 6.45) is 1.35. The normalized spacial score (nSPS) is 32.2. The van der Waals surface area contributed by atoms with Crippen LogP contribution in [0, 0.1) is 0 Å². The van der Waals surface area contributed by atoms with Gasteiger partial charge in [-0.2, -0.15) is 0 Å². The van der Waals surface area contributed by atoms with E-state index in [0.29, 0.717) is 0 Å². The van der Waals surface area contributed by atoms with Gasteiger partial charge in [0, 0.05) is 6.20 Å². The molecule has 7 N–H and O–H groups in total. The first-order valence-electron chi connectivity index (χ1n) is 2.58. The number of thiocarbonyl (C=S) groups is 1. The highest BCUT2D eigenvalue weighted by Gasteiger charge is 2.28. The SMILES string of the molecule is NC1=CNC(=S)NC1(N)O. The van der Waals surface area contributed by atoms with Crippen molar-refractivity contribution in [1.29, 1.82) is 0 Å². The molecule has 0 spiro atoms. The molecule has 5 nitrogen and oxygen atoms in total. The second-order valence-electron chi connectivity index (χ2n) is 1.96. The Hall–Kier alpha value is -0.850.